The van der Waals surface area contributed by atoms with Crippen LogP contribution in [0.4, 0.5) is 0 Å². The van der Waals surface area contributed by atoms with E-state index >= 15 is 0 Å². The number of aryl methyl sites for hydroxylation is 2. The molecule has 0 atom stereocenters. The van der Waals surface area contributed by atoms with E-state index in [1.807, 2.05) is 24.3 Å². The predicted octanol–water partition coefficient (Wildman–Crippen LogP) is 6.33. The van der Waals surface area contributed by atoms with Crippen molar-refractivity contribution < 1.29 is 0 Å². The zero-order chi connectivity index (χ0) is 20.0. The van der Waals surface area contributed by atoms with Crippen molar-refractivity contribution in [1.29, 1.82) is 5.26 Å². The highest BCUT2D eigenvalue weighted by Gasteiger charge is 2.14. The Kier molecular flexibility index (Phi) is 3.93. The van der Waals surface area contributed by atoms with Crippen LogP contribution in [0.1, 0.15) is 16.7 Å². The number of nitriles is 1. The van der Waals surface area contributed by atoms with Crippen molar-refractivity contribution >= 4 is 21.8 Å². The van der Waals surface area contributed by atoms with Gasteiger partial charge in [0.15, 0.2) is 0 Å². The number of hydrogen-bond acceptors (Lipinski definition) is 2. The normalized spacial score (nSPS) is 11.1. The molecule has 5 aromatic rings. The fourth-order valence-corrected chi connectivity index (χ4v) is 4.03. The smallest absolute Gasteiger partial charge is 0.0992 e. The molecule has 3 heteroatoms. The van der Waals surface area contributed by atoms with Gasteiger partial charge in [-0.3, -0.25) is 4.98 Å². The van der Waals surface area contributed by atoms with Crippen LogP contribution < -0.4 is 0 Å². The molecule has 2 aromatic heterocycles. The molecule has 3 aromatic carbocycles. The standard InChI is InChI=1S/C26H19N3/c1-17-3-5-23-24-6-4-18(2)12-26(24)29(25(23)11-17)22-14-19(16-27)13-21(15-22)20-7-9-28-10-8-20/h3-15H,1-2H3. The average Bonchev–Trinajstić information content (AvgIpc) is 3.06. The van der Waals surface area contributed by atoms with Gasteiger partial charge in [0.1, 0.15) is 0 Å². The van der Waals surface area contributed by atoms with E-state index in [9.17, 15) is 5.26 Å². The van der Waals surface area contributed by atoms with Crippen LogP contribution in [0.3, 0.4) is 0 Å². The van der Waals surface area contributed by atoms with Crippen LogP contribution >= 0.6 is 0 Å². The minimum Gasteiger partial charge on any atom is -0.309 e. The van der Waals surface area contributed by atoms with Gasteiger partial charge in [-0.2, -0.15) is 5.26 Å². The molecule has 3 nitrogen and oxygen atoms in total. The molecule has 0 aliphatic heterocycles. The van der Waals surface area contributed by atoms with E-state index in [0.717, 1.165) is 27.8 Å². The second-order valence-electron chi connectivity index (χ2n) is 7.49. The Hall–Kier alpha value is -3.90. The Balaban J connectivity index is 1.89. The summed E-state index contributed by atoms with van der Waals surface area (Å²) in [4.78, 5) is 4.12. The molecular weight excluding hydrogens is 354 g/mol. The quantitative estimate of drug-likeness (QED) is 0.362. The van der Waals surface area contributed by atoms with Crippen molar-refractivity contribution in [3.05, 3.63) is 95.8 Å². The van der Waals surface area contributed by atoms with Crippen molar-refractivity contribution in [3.63, 3.8) is 0 Å². The lowest BCUT2D eigenvalue weighted by Gasteiger charge is -2.12. The fourth-order valence-electron chi connectivity index (χ4n) is 4.03. The maximum absolute atomic E-state index is 9.67. The second kappa shape index (κ2) is 6.61. The molecule has 0 aliphatic rings. The monoisotopic (exact) mass is 373 g/mol. The third-order valence-electron chi connectivity index (χ3n) is 5.40. The van der Waals surface area contributed by atoms with E-state index < -0.39 is 0 Å². The summed E-state index contributed by atoms with van der Waals surface area (Å²) in [5.74, 6) is 0. The SMILES string of the molecule is Cc1ccc2c3ccc(C)cc3n(-c3cc(C#N)cc(-c4ccncc4)c3)c2c1. The molecule has 0 aliphatic carbocycles. The molecular formula is C26H19N3. The molecule has 5 rings (SSSR count). The Morgan fingerprint density at radius 1 is 0.724 bits per heavy atom. The first-order valence-electron chi connectivity index (χ1n) is 9.61. The molecule has 2 heterocycles. The van der Waals surface area contributed by atoms with E-state index in [1.165, 1.54) is 21.9 Å². The van der Waals surface area contributed by atoms with Crippen LogP contribution in [0.2, 0.25) is 0 Å². The predicted molar refractivity (Wildman–Crippen MR) is 118 cm³/mol. The van der Waals surface area contributed by atoms with E-state index in [0.29, 0.717) is 5.56 Å². The van der Waals surface area contributed by atoms with Crippen LogP contribution in [-0.4, -0.2) is 9.55 Å². The van der Waals surface area contributed by atoms with Crippen molar-refractivity contribution in [2.75, 3.05) is 0 Å². The number of hydrogen-bond donors (Lipinski definition) is 0. The zero-order valence-corrected chi connectivity index (χ0v) is 16.3. The highest BCUT2D eigenvalue weighted by atomic mass is 15.0. The maximum Gasteiger partial charge on any atom is 0.0992 e. The first-order valence-corrected chi connectivity index (χ1v) is 9.61. The van der Waals surface area contributed by atoms with Crippen LogP contribution in [0.25, 0.3) is 38.6 Å². The summed E-state index contributed by atoms with van der Waals surface area (Å²) in [6, 6.07) is 25.5. The highest BCUT2D eigenvalue weighted by Crippen LogP contribution is 2.34. The van der Waals surface area contributed by atoms with Gasteiger partial charge in [-0.15, -0.1) is 0 Å². The maximum atomic E-state index is 9.67. The Morgan fingerprint density at radius 2 is 1.34 bits per heavy atom. The minimum atomic E-state index is 0.643. The molecule has 0 fully saturated rings. The van der Waals surface area contributed by atoms with Crippen molar-refractivity contribution in [3.8, 4) is 22.9 Å². The van der Waals surface area contributed by atoms with Gasteiger partial charge in [0.05, 0.1) is 22.7 Å². The zero-order valence-electron chi connectivity index (χ0n) is 16.3. The van der Waals surface area contributed by atoms with Crippen molar-refractivity contribution in [1.82, 2.24) is 9.55 Å². The third kappa shape index (κ3) is 2.86. The van der Waals surface area contributed by atoms with E-state index in [4.69, 9.17) is 0 Å². The van der Waals surface area contributed by atoms with Crippen LogP contribution in [0.15, 0.2) is 79.1 Å². The molecule has 0 N–H and O–H groups in total. The fraction of sp³-hybridized carbons (Fsp3) is 0.0769. The van der Waals surface area contributed by atoms with Crippen molar-refractivity contribution in [2.45, 2.75) is 13.8 Å². The third-order valence-corrected chi connectivity index (χ3v) is 5.40. The number of fused-ring (bicyclic) bond motifs is 3. The summed E-state index contributed by atoms with van der Waals surface area (Å²) >= 11 is 0. The van der Waals surface area contributed by atoms with Gasteiger partial charge in [-0.25, -0.2) is 0 Å². The van der Waals surface area contributed by atoms with Gasteiger partial charge < -0.3 is 4.57 Å². The molecule has 0 saturated carbocycles. The van der Waals surface area contributed by atoms with Gasteiger partial charge in [-0.1, -0.05) is 24.3 Å². The summed E-state index contributed by atoms with van der Waals surface area (Å²) in [6.45, 7) is 4.22. The molecule has 0 unspecified atom stereocenters. The van der Waals surface area contributed by atoms with E-state index in [1.54, 1.807) is 12.4 Å². The van der Waals surface area contributed by atoms with Crippen LogP contribution in [-0.2, 0) is 0 Å². The number of pyridine rings is 1. The van der Waals surface area contributed by atoms with Gasteiger partial charge >= 0.3 is 0 Å². The number of nitrogens with zero attached hydrogens (tertiary/aromatic N) is 3. The summed E-state index contributed by atoms with van der Waals surface area (Å²) < 4.78 is 2.27. The van der Waals surface area contributed by atoms with Crippen LogP contribution in [0, 0.1) is 25.2 Å². The molecule has 0 spiro atoms. The number of rotatable bonds is 2. The van der Waals surface area contributed by atoms with E-state index in [2.05, 4.69) is 71.9 Å². The lowest BCUT2D eigenvalue weighted by atomic mass is 10.0. The molecule has 0 amide bonds. The molecule has 0 radical (unpaired) electrons. The average molecular weight is 373 g/mol. The second-order valence-corrected chi connectivity index (χ2v) is 7.49. The molecule has 0 saturated heterocycles. The Labute approximate surface area is 169 Å². The minimum absolute atomic E-state index is 0.643. The summed E-state index contributed by atoms with van der Waals surface area (Å²) in [5, 5.41) is 12.1. The number of aromatic nitrogens is 2. The first kappa shape index (κ1) is 17.2. The summed E-state index contributed by atoms with van der Waals surface area (Å²) in [6.07, 6.45) is 3.56. The molecule has 0 bridgehead atoms. The topological polar surface area (TPSA) is 41.6 Å². The van der Waals surface area contributed by atoms with Gasteiger partial charge in [0.2, 0.25) is 0 Å². The van der Waals surface area contributed by atoms with Gasteiger partial charge in [0.25, 0.3) is 0 Å². The Bertz CT molecular complexity index is 1360. The lowest BCUT2D eigenvalue weighted by molar-refractivity contribution is 1.17. The Morgan fingerprint density at radius 3 is 1.93 bits per heavy atom. The van der Waals surface area contributed by atoms with Gasteiger partial charge in [-0.05, 0) is 78.6 Å². The van der Waals surface area contributed by atoms with Crippen molar-refractivity contribution in [2.24, 2.45) is 0 Å². The van der Waals surface area contributed by atoms with Crippen LogP contribution in [0.5, 0.6) is 0 Å². The molecule has 29 heavy (non-hydrogen) atoms. The summed E-state index contributed by atoms with van der Waals surface area (Å²) in [7, 11) is 0. The summed E-state index contributed by atoms with van der Waals surface area (Å²) in [5.41, 5.74) is 8.43. The van der Waals surface area contributed by atoms with E-state index in [-0.39, 0.29) is 0 Å². The molecule has 138 valence electrons. The highest BCUT2D eigenvalue weighted by molar-refractivity contribution is 6.09. The largest absolute Gasteiger partial charge is 0.309 e. The number of benzene rings is 3. The lowest BCUT2D eigenvalue weighted by Crippen LogP contribution is -1.96. The first-order chi connectivity index (χ1) is 14.1. The van der Waals surface area contributed by atoms with Gasteiger partial charge in [0, 0.05) is 28.9 Å².